The van der Waals surface area contributed by atoms with Gasteiger partial charge in [0.15, 0.2) is 0 Å². The number of aromatic amines is 1. The fourth-order valence-electron chi connectivity index (χ4n) is 3.42. The van der Waals surface area contributed by atoms with Crippen LogP contribution in [0.5, 0.6) is 0 Å². The number of hydrogen-bond donors (Lipinski definition) is 4. The number of aliphatic hydroxyl groups excluding tert-OH is 1. The maximum absolute atomic E-state index is 12.8. The Labute approximate surface area is 175 Å². The van der Waals surface area contributed by atoms with Crippen LogP contribution < -0.4 is 10.7 Å². The number of carbonyl (C=O) groups excluding carboxylic acids is 3. The quantitative estimate of drug-likeness (QED) is 0.281. The molecular formula is C19H21N4O8+. The molecule has 1 aliphatic heterocycles. The molecule has 0 aromatic carbocycles. The number of amides is 1. The van der Waals surface area contributed by atoms with Crippen LogP contribution >= 0.6 is 0 Å². The first-order chi connectivity index (χ1) is 14.6. The van der Waals surface area contributed by atoms with Crippen LogP contribution in [0, 0.1) is 6.92 Å². The van der Waals surface area contributed by atoms with E-state index in [9.17, 15) is 29.1 Å². The Kier molecular flexibility index (Phi) is 5.64. The van der Waals surface area contributed by atoms with Gasteiger partial charge in [-0.15, -0.1) is 10.1 Å². The Bertz CT molecular complexity index is 1160. The van der Waals surface area contributed by atoms with Crippen LogP contribution in [0.1, 0.15) is 31.5 Å². The average Bonchev–Trinajstić information content (AvgIpc) is 3.12. The Morgan fingerprint density at radius 3 is 2.39 bits per heavy atom. The van der Waals surface area contributed by atoms with Crippen LogP contribution in [0.2, 0.25) is 0 Å². The third kappa shape index (κ3) is 3.67. The van der Waals surface area contributed by atoms with Gasteiger partial charge in [-0.2, -0.15) is 0 Å². The number of hydrazine groups is 1. The summed E-state index contributed by atoms with van der Waals surface area (Å²) in [4.78, 5) is 60.1. The largest absolute Gasteiger partial charge is 0.506 e. The highest BCUT2D eigenvalue weighted by atomic mass is 16.5. The second-order valence-corrected chi connectivity index (χ2v) is 6.97. The number of carboxylic acids is 1. The Morgan fingerprint density at radius 1 is 1.13 bits per heavy atom. The van der Waals surface area contributed by atoms with Crippen LogP contribution in [-0.4, -0.2) is 67.5 Å². The fourth-order valence-corrected chi connectivity index (χ4v) is 3.42. The summed E-state index contributed by atoms with van der Waals surface area (Å²) in [5.41, 5.74) is -0.949. The van der Waals surface area contributed by atoms with Crippen LogP contribution in [-0.2, 0) is 30.5 Å². The molecule has 31 heavy (non-hydrogen) atoms. The lowest BCUT2D eigenvalue weighted by Gasteiger charge is -2.21. The molecule has 0 unspecified atom stereocenters. The van der Waals surface area contributed by atoms with Crippen LogP contribution in [0.3, 0.4) is 0 Å². The summed E-state index contributed by atoms with van der Waals surface area (Å²) in [6.07, 6.45) is 0.199. The molecule has 0 saturated heterocycles. The molecular weight excluding hydrogens is 412 g/mol. The molecule has 4 N–H and O–H groups in total. The summed E-state index contributed by atoms with van der Waals surface area (Å²) in [6, 6.07) is 0. The molecule has 164 valence electrons. The van der Waals surface area contributed by atoms with Gasteiger partial charge in [0, 0.05) is 19.0 Å². The number of aliphatic hydroxyl groups is 1. The molecule has 1 aromatic rings. The van der Waals surface area contributed by atoms with Crippen molar-refractivity contribution in [3.8, 4) is 0 Å². The van der Waals surface area contributed by atoms with Crippen molar-refractivity contribution in [2.75, 3.05) is 13.2 Å². The topological polar surface area (TPSA) is 173 Å². The van der Waals surface area contributed by atoms with Gasteiger partial charge in [0.25, 0.3) is 5.56 Å². The minimum atomic E-state index is -1.26. The molecule has 0 fully saturated rings. The summed E-state index contributed by atoms with van der Waals surface area (Å²) in [5, 5.41) is 25.9. The van der Waals surface area contributed by atoms with Crippen LogP contribution in [0.4, 0.5) is 0 Å². The molecule has 1 amide bonds. The number of allylic oxidation sites excluding steroid dienone is 2. The van der Waals surface area contributed by atoms with Gasteiger partial charge in [-0.3, -0.25) is 29.1 Å². The Morgan fingerprint density at radius 2 is 1.81 bits per heavy atom. The first kappa shape index (κ1) is 21.7. The van der Waals surface area contributed by atoms with Gasteiger partial charge < -0.3 is 14.9 Å². The average molecular weight is 433 g/mol. The van der Waals surface area contributed by atoms with Gasteiger partial charge in [0.05, 0.1) is 16.7 Å². The highest BCUT2D eigenvalue weighted by molar-refractivity contribution is 6.43. The number of carbonyl (C=O) groups is 4. The zero-order valence-corrected chi connectivity index (χ0v) is 17.1. The zero-order chi connectivity index (χ0) is 23.0. The second kappa shape index (κ2) is 8.05. The fraction of sp³-hybridized carbons (Fsp3) is 0.368. The number of carboxylic acid groups (broad SMARTS) is 1. The van der Waals surface area contributed by atoms with Crippen molar-refractivity contribution < 1.29 is 39.2 Å². The third-order valence-electron chi connectivity index (χ3n) is 4.86. The van der Waals surface area contributed by atoms with E-state index in [-0.39, 0.29) is 47.5 Å². The Hall–Kier alpha value is -3.96. The molecule has 1 aromatic heterocycles. The predicted molar refractivity (Wildman–Crippen MR) is 104 cm³/mol. The third-order valence-corrected chi connectivity index (χ3v) is 4.86. The number of hydrogen-bond acceptors (Lipinski definition) is 7. The number of ether oxygens (including phenoxy) is 1. The van der Waals surface area contributed by atoms with E-state index in [1.807, 2.05) is 0 Å². The molecule has 12 heteroatoms. The van der Waals surface area contributed by atoms with Gasteiger partial charge in [-0.25, -0.2) is 4.68 Å². The lowest BCUT2D eigenvalue weighted by Crippen LogP contribution is -2.81. The van der Waals surface area contributed by atoms with Gasteiger partial charge in [0.2, 0.25) is 11.5 Å². The van der Waals surface area contributed by atoms with Crippen molar-refractivity contribution in [3.63, 3.8) is 0 Å². The molecule has 2 aliphatic rings. The van der Waals surface area contributed by atoms with E-state index in [0.717, 1.165) is 9.69 Å². The van der Waals surface area contributed by atoms with E-state index in [0.29, 0.717) is 5.71 Å². The number of esters is 1. The summed E-state index contributed by atoms with van der Waals surface area (Å²) >= 11 is 0. The van der Waals surface area contributed by atoms with E-state index >= 15 is 0 Å². The molecule has 0 atom stereocenters. The van der Waals surface area contributed by atoms with E-state index in [4.69, 9.17) is 9.84 Å². The van der Waals surface area contributed by atoms with E-state index in [1.54, 1.807) is 6.92 Å². The minimum absolute atomic E-state index is 0.0288. The number of aromatic nitrogens is 2. The molecule has 0 radical (unpaired) electrons. The summed E-state index contributed by atoms with van der Waals surface area (Å²) < 4.78 is 5.75. The molecule has 0 saturated carbocycles. The van der Waals surface area contributed by atoms with Crippen molar-refractivity contribution in [1.82, 2.24) is 14.8 Å². The van der Waals surface area contributed by atoms with Crippen LogP contribution in [0.15, 0.2) is 21.7 Å². The number of aryl methyl sites for hydroxylation is 1. The first-order valence-electron chi connectivity index (χ1n) is 9.40. The highest BCUT2D eigenvalue weighted by Crippen LogP contribution is 2.38. The number of nitrogens with one attached hydrogen (secondary N) is 2. The van der Waals surface area contributed by atoms with Gasteiger partial charge >= 0.3 is 17.8 Å². The number of hydrazone groups is 1. The first-order valence-corrected chi connectivity index (χ1v) is 9.40. The summed E-state index contributed by atoms with van der Waals surface area (Å²) in [6.45, 7) is 3.99. The molecule has 1 aliphatic carbocycles. The zero-order valence-electron chi connectivity index (χ0n) is 17.1. The van der Waals surface area contributed by atoms with E-state index < -0.39 is 41.5 Å². The maximum Gasteiger partial charge on any atom is 0.325 e. The minimum Gasteiger partial charge on any atom is -0.506 e. The number of rotatable bonds is 7. The lowest BCUT2D eigenvalue weighted by atomic mass is 9.80. The normalized spacial score (nSPS) is 18.4. The summed E-state index contributed by atoms with van der Waals surface area (Å²) in [5.74, 6) is -3.49. The second-order valence-electron chi connectivity index (χ2n) is 6.97. The summed E-state index contributed by atoms with van der Waals surface area (Å²) in [7, 11) is 0. The lowest BCUT2D eigenvalue weighted by molar-refractivity contribution is -0.616. The number of H-pyrrole nitrogens is 1. The SMILES string of the molecule is CCC(=O)OCCN1[NH+]=C(C)C(=C2C(=O)C(c3c(C)[nH]n(CC(=O)O)c3=O)=C2O)C1=O. The molecule has 3 rings (SSSR count). The number of ketones is 1. The molecule has 0 bridgehead atoms. The van der Waals surface area contributed by atoms with Crippen LogP contribution in [0.25, 0.3) is 5.57 Å². The Balaban J connectivity index is 1.92. The number of nitrogens with zero attached hydrogens (tertiary/aromatic N) is 2. The van der Waals surface area contributed by atoms with Crippen molar-refractivity contribution in [3.05, 3.63) is 38.5 Å². The highest BCUT2D eigenvalue weighted by Gasteiger charge is 2.47. The maximum atomic E-state index is 12.8. The number of Topliss-reactive ketones (excluding diaryl/α,β-unsaturated/α-hetero) is 1. The molecule has 2 heterocycles. The van der Waals surface area contributed by atoms with E-state index in [2.05, 4.69) is 10.2 Å². The smallest absolute Gasteiger partial charge is 0.325 e. The van der Waals surface area contributed by atoms with Crippen molar-refractivity contribution in [2.45, 2.75) is 33.7 Å². The van der Waals surface area contributed by atoms with Crippen molar-refractivity contribution in [2.24, 2.45) is 0 Å². The molecule has 0 spiro atoms. The van der Waals surface area contributed by atoms with Gasteiger partial charge in [-0.05, 0) is 6.92 Å². The monoisotopic (exact) mass is 433 g/mol. The van der Waals surface area contributed by atoms with Gasteiger partial charge in [-0.1, -0.05) is 6.92 Å². The van der Waals surface area contributed by atoms with Crippen molar-refractivity contribution in [1.29, 1.82) is 0 Å². The molecule has 12 nitrogen and oxygen atoms in total. The van der Waals surface area contributed by atoms with E-state index in [1.165, 1.54) is 13.8 Å². The standard InChI is InChI=1S/C19H20N4O8/c1-4-11(26)31-6-5-22-18(29)12(8(2)20-22)14-16(27)15(17(14)28)13-9(3)21-23(19(13)30)7-10(24)25/h21,27H,4-7H2,1-3H3,(H,24,25)/p+1. The predicted octanol–water partition coefficient (Wildman–Crippen LogP) is -2.03. The number of aliphatic carboxylic acids is 1. The van der Waals surface area contributed by atoms with Crippen molar-refractivity contribution >= 4 is 34.9 Å². The van der Waals surface area contributed by atoms with Gasteiger partial charge in [0.1, 0.15) is 31.0 Å².